The number of amides is 1. The Balaban J connectivity index is 1.75. The lowest BCUT2D eigenvalue weighted by Gasteiger charge is -2.26. The van der Waals surface area contributed by atoms with Crippen LogP contribution in [-0.2, 0) is 4.79 Å². The zero-order chi connectivity index (χ0) is 21.5. The van der Waals surface area contributed by atoms with Gasteiger partial charge in [-0.15, -0.1) is 0 Å². The van der Waals surface area contributed by atoms with Crippen LogP contribution in [0.25, 0.3) is 10.9 Å². The van der Waals surface area contributed by atoms with Crippen LogP contribution in [0.15, 0.2) is 36.8 Å². The number of nitriles is 1. The second-order valence-corrected chi connectivity index (χ2v) is 7.33. The predicted octanol–water partition coefficient (Wildman–Crippen LogP) is 3.23. The Morgan fingerprint density at radius 1 is 1.27 bits per heavy atom. The lowest BCUT2D eigenvalue weighted by molar-refractivity contribution is -0.174. The number of nitrogens with zero attached hydrogens (tertiary/aromatic N) is 5. The van der Waals surface area contributed by atoms with Crippen LogP contribution in [0.1, 0.15) is 48.7 Å². The number of fused-ring (bicyclic) bond motifs is 1. The van der Waals surface area contributed by atoms with Gasteiger partial charge in [-0.1, -0.05) is 0 Å². The minimum Gasteiger partial charge on any atom is -0.343 e. The quantitative estimate of drug-likeness (QED) is 0.692. The molecule has 1 aromatic carbocycles. The van der Waals surface area contributed by atoms with E-state index in [9.17, 15) is 18.0 Å². The molecule has 154 valence electrons. The minimum atomic E-state index is -5.00. The molecule has 2 atom stereocenters. The van der Waals surface area contributed by atoms with E-state index in [0.717, 1.165) is 12.8 Å². The first-order chi connectivity index (χ1) is 14.3. The molecule has 0 saturated heterocycles. The summed E-state index contributed by atoms with van der Waals surface area (Å²) < 4.78 is 40.0. The fraction of sp³-hybridized carbons (Fsp3) is 0.350. The third-order valence-electron chi connectivity index (χ3n) is 5.05. The zero-order valence-electron chi connectivity index (χ0n) is 15.9. The van der Waals surface area contributed by atoms with Gasteiger partial charge in [-0.05, 0) is 38.0 Å². The van der Waals surface area contributed by atoms with Crippen molar-refractivity contribution < 1.29 is 18.0 Å². The first-order valence-corrected chi connectivity index (χ1v) is 9.35. The zero-order valence-corrected chi connectivity index (χ0v) is 15.9. The third kappa shape index (κ3) is 3.83. The summed E-state index contributed by atoms with van der Waals surface area (Å²) in [4.78, 5) is 20.3. The molecule has 1 saturated carbocycles. The molecular weight excluding hydrogens is 397 g/mol. The van der Waals surface area contributed by atoms with Crippen LogP contribution in [-0.4, -0.2) is 37.9 Å². The molecule has 0 spiro atoms. The van der Waals surface area contributed by atoms with E-state index in [4.69, 9.17) is 5.26 Å². The Bertz CT molecular complexity index is 1130. The van der Waals surface area contributed by atoms with Crippen LogP contribution in [0.5, 0.6) is 0 Å². The van der Waals surface area contributed by atoms with Gasteiger partial charge in [-0.3, -0.25) is 9.48 Å². The van der Waals surface area contributed by atoms with Crippen LogP contribution >= 0.6 is 0 Å². The Hall–Kier alpha value is -3.48. The summed E-state index contributed by atoms with van der Waals surface area (Å²) in [6.45, 7) is 1.47. The molecule has 1 N–H and O–H groups in total. The normalized spacial score (nSPS) is 16.1. The highest BCUT2D eigenvalue weighted by molar-refractivity contribution is 5.82. The number of rotatable bonds is 5. The number of benzene rings is 1. The maximum Gasteiger partial charge on any atom is 0.471 e. The first-order valence-electron chi connectivity index (χ1n) is 9.35. The molecular formula is C20H17F3N6O. The fourth-order valence-electron chi connectivity index (χ4n) is 3.41. The van der Waals surface area contributed by atoms with Crippen molar-refractivity contribution in [1.29, 1.82) is 5.26 Å². The lowest BCUT2D eigenvalue weighted by atomic mass is 10.0. The maximum absolute atomic E-state index is 12.8. The van der Waals surface area contributed by atoms with Crippen molar-refractivity contribution in [3.63, 3.8) is 0 Å². The second kappa shape index (κ2) is 7.40. The Kier molecular flexibility index (Phi) is 4.89. The summed E-state index contributed by atoms with van der Waals surface area (Å²) in [5.41, 5.74) is 1.57. The topological polar surface area (TPSA) is 96.5 Å². The second-order valence-electron chi connectivity index (χ2n) is 7.33. The summed E-state index contributed by atoms with van der Waals surface area (Å²) in [5.74, 6) is -0.998. The van der Waals surface area contributed by atoms with Crippen LogP contribution in [0.3, 0.4) is 0 Å². The van der Waals surface area contributed by atoms with Crippen molar-refractivity contribution in [2.24, 2.45) is 0 Å². The average molecular weight is 414 g/mol. The van der Waals surface area contributed by atoms with Crippen LogP contribution < -0.4 is 5.32 Å². The van der Waals surface area contributed by atoms with E-state index in [0.29, 0.717) is 33.8 Å². The summed E-state index contributed by atoms with van der Waals surface area (Å²) in [5, 5.41) is 16.1. The van der Waals surface area contributed by atoms with Crippen LogP contribution in [0, 0.1) is 11.3 Å². The molecule has 2 heterocycles. The van der Waals surface area contributed by atoms with E-state index in [-0.39, 0.29) is 0 Å². The molecule has 0 unspecified atom stereocenters. The predicted molar refractivity (Wildman–Crippen MR) is 100 cm³/mol. The Morgan fingerprint density at radius 3 is 2.57 bits per heavy atom. The average Bonchev–Trinajstić information content (AvgIpc) is 3.49. The Labute approximate surface area is 169 Å². The molecule has 0 bridgehead atoms. The monoisotopic (exact) mass is 414 g/mol. The van der Waals surface area contributed by atoms with E-state index >= 15 is 0 Å². The molecule has 1 amide bonds. The highest BCUT2D eigenvalue weighted by atomic mass is 19.4. The van der Waals surface area contributed by atoms with Gasteiger partial charge in [0.05, 0.1) is 29.4 Å². The molecule has 2 aromatic heterocycles. The summed E-state index contributed by atoms with van der Waals surface area (Å²) >= 11 is 0. The molecule has 4 rings (SSSR count). The van der Waals surface area contributed by atoms with Gasteiger partial charge in [0.2, 0.25) is 0 Å². The van der Waals surface area contributed by atoms with E-state index in [2.05, 4.69) is 15.1 Å². The molecule has 1 aliphatic rings. The van der Waals surface area contributed by atoms with Gasteiger partial charge in [0.1, 0.15) is 11.9 Å². The third-order valence-corrected chi connectivity index (χ3v) is 5.05. The van der Waals surface area contributed by atoms with E-state index < -0.39 is 24.2 Å². The van der Waals surface area contributed by atoms with E-state index in [1.165, 1.54) is 17.8 Å². The van der Waals surface area contributed by atoms with Crippen molar-refractivity contribution in [3.8, 4) is 6.07 Å². The smallest absolute Gasteiger partial charge is 0.343 e. The highest BCUT2D eigenvalue weighted by Gasteiger charge is 2.41. The van der Waals surface area contributed by atoms with Crippen molar-refractivity contribution in [2.75, 3.05) is 0 Å². The lowest BCUT2D eigenvalue weighted by Crippen LogP contribution is -2.46. The van der Waals surface area contributed by atoms with Crippen molar-refractivity contribution in [2.45, 2.75) is 43.9 Å². The van der Waals surface area contributed by atoms with E-state index in [1.807, 2.05) is 11.4 Å². The standard InChI is InChI=1S/C20H17F3N6O/c1-11(28-19(30)20(21,22)23)17(15-8-25-18(26-9-15)13-3-4-13)29-16-5-2-12(7-24)6-14(16)10-27-29/h2,5-6,8-11,13,17H,3-4H2,1H3,(H,28,30)/t11-,17-/m1/s1. The largest absolute Gasteiger partial charge is 0.471 e. The van der Waals surface area contributed by atoms with Gasteiger partial charge in [-0.25, -0.2) is 9.97 Å². The van der Waals surface area contributed by atoms with Crippen molar-refractivity contribution in [1.82, 2.24) is 25.1 Å². The number of carbonyl (C=O) groups is 1. The summed E-state index contributed by atoms with van der Waals surface area (Å²) in [7, 11) is 0. The number of aromatic nitrogens is 4. The number of carbonyl (C=O) groups excluding carboxylic acids is 1. The molecule has 1 aliphatic carbocycles. The molecule has 1 fully saturated rings. The molecule has 7 nitrogen and oxygen atoms in total. The molecule has 0 radical (unpaired) electrons. The van der Waals surface area contributed by atoms with Crippen LogP contribution in [0.2, 0.25) is 0 Å². The van der Waals surface area contributed by atoms with Crippen molar-refractivity contribution in [3.05, 3.63) is 53.7 Å². The van der Waals surface area contributed by atoms with Gasteiger partial charge in [0, 0.05) is 29.3 Å². The molecule has 30 heavy (non-hydrogen) atoms. The maximum atomic E-state index is 12.8. The summed E-state index contributed by atoms with van der Waals surface area (Å²) in [6.07, 6.45) is 1.70. The number of hydrogen-bond acceptors (Lipinski definition) is 5. The van der Waals surface area contributed by atoms with Gasteiger partial charge >= 0.3 is 12.1 Å². The van der Waals surface area contributed by atoms with Gasteiger partial charge < -0.3 is 5.32 Å². The number of alkyl halides is 3. The van der Waals surface area contributed by atoms with Gasteiger partial charge in [-0.2, -0.15) is 23.5 Å². The van der Waals surface area contributed by atoms with Crippen molar-refractivity contribution >= 4 is 16.8 Å². The first kappa shape index (κ1) is 19.8. The van der Waals surface area contributed by atoms with E-state index in [1.54, 1.807) is 30.6 Å². The fourth-order valence-corrected chi connectivity index (χ4v) is 3.41. The Morgan fingerprint density at radius 2 is 1.97 bits per heavy atom. The van der Waals surface area contributed by atoms with Gasteiger partial charge in [0.25, 0.3) is 0 Å². The number of nitrogens with one attached hydrogen (secondary N) is 1. The molecule has 0 aliphatic heterocycles. The highest BCUT2D eigenvalue weighted by Crippen LogP contribution is 2.38. The minimum absolute atomic E-state index is 0.329. The number of halogens is 3. The van der Waals surface area contributed by atoms with Gasteiger partial charge in [0.15, 0.2) is 0 Å². The summed E-state index contributed by atoms with van der Waals surface area (Å²) in [6, 6.07) is 5.20. The molecule has 3 aromatic rings. The van der Waals surface area contributed by atoms with Crippen LogP contribution in [0.4, 0.5) is 13.2 Å². The molecule has 10 heteroatoms. The SMILES string of the molecule is C[C@@H](NC(=O)C(F)(F)F)[C@H](c1cnc(C2CC2)nc1)n1ncc2cc(C#N)ccc21. The number of hydrogen-bond donors (Lipinski definition) is 1.